The van der Waals surface area contributed by atoms with Crippen LogP contribution in [0, 0.1) is 5.92 Å². The van der Waals surface area contributed by atoms with Crippen LogP contribution in [0.1, 0.15) is 52.7 Å². The lowest BCUT2D eigenvalue weighted by Gasteiger charge is -2.40. The van der Waals surface area contributed by atoms with Crippen LogP contribution in [-0.4, -0.2) is 49.9 Å². The third kappa shape index (κ3) is 3.45. The molecule has 2 heterocycles. The molecular formula is C24H27N3O5. The SMILES string of the molecule is COc1ccc2c(c1OC)C(=O)N1c3ccccc3C(=O)N(CCC(=O)NCC(C)C)C21. The number of carbonyl (C=O) groups excluding carboxylic acids is 3. The van der Waals surface area contributed by atoms with E-state index in [9.17, 15) is 14.4 Å². The van der Waals surface area contributed by atoms with Crippen molar-refractivity contribution in [1.82, 2.24) is 10.2 Å². The minimum Gasteiger partial charge on any atom is -0.493 e. The molecule has 0 aromatic heterocycles. The molecule has 8 nitrogen and oxygen atoms in total. The van der Waals surface area contributed by atoms with Gasteiger partial charge in [-0.1, -0.05) is 32.0 Å². The van der Waals surface area contributed by atoms with Gasteiger partial charge in [0.15, 0.2) is 11.5 Å². The van der Waals surface area contributed by atoms with Gasteiger partial charge < -0.3 is 19.7 Å². The molecule has 0 aliphatic carbocycles. The van der Waals surface area contributed by atoms with Crippen molar-refractivity contribution in [3.8, 4) is 11.5 Å². The Bertz CT molecular complexity index is 1080. The van der Waals surface area contributed by atoms with Gasteiger partial charge >= 0.3 is 0 Å². The smallest absolute Gasteiger partial charge is 0.264 e. The lowest BCUT2D eigenvalue weighted by molar-refractivity contribution is -0.121. The van der Waals surface area contributed by atoms with E-state index >= 15 is 0 Å². The molecule has 2 aromatic rings. The Labute approximate surface area is 187 Å². The van der Waals surface area contributed by atoms with Gasteiger partial charge in [-0.15, -0.1) is 0 Å². The Morgan fingerprint density at radius 3 is 2.50 bits per heavy atom. The third-order valence-electron chi connectivity index (χ3n) is 5.77. The van der Waals surface area contributed by atoms with Crippen LogP contribution in [0.4, 0.5) is 5.69 Å². The van der Waals surface area contributed by atoms with E-state index in [1.54, 1.807) is 46.2 Å². The summed E-state index contributed by atoms with van der Waals surface area (Å²) in [6, 6.07) is 10.5. The number of nitrogens with zero attached hydrogens (tertiary/aromatic N) is 2. The molecular weight excluding hydrogens is 410 g/mol. The molecule has 0 saturated heterocycles. The molecule has 0 radical (unpaired) electrons. The van der Waals surface area contributed by atoms with Gasteiger partial charge in [0.25, 0.3) is 11.8 Å². The fraction of sp³-hybridized carbons (Fsp3) is 0.375. The zero-order valence-corrected chi connectivity index (χ0v) is 18.7. The molecule has 1 N–H and O–H groups in total. The van der Waals surface area contributed by atoms with Crippen molar-refractivity contribution in [2.75, 3.05) is 32.2 Å². The molecule has 0 saturated carbocycles. The Kier molecular flexibility index (Phi) is 5.78. The average molecular weight is 437 g/mol. The number of ether oxygens (including phenoxy) is 2. The molecule has 4 rings (SSSR count). The monoisotopic (exact) mass is 437 g/mol. The molecule has 168 valence electrons. The van der Waals surface area contributed by atoms with Crippen molar-refractivity contribution in [3.63, 3.8) is 0 Å². The number of carbonyl (C=O) groups is 3. The molecule has 2 aliphatic heterocycles. The van der Waals surface area contributed by atoms with E-state index in [2.05, 4.69) is 5.32 Å². The number of rotatable bonds is 7. The molecule has 3 amide bonds. The van der Waals surface area contributed by atoms with Gasteiger partial charge in [0.1, 0.15) is 6.17 Å². The minimum absolute atomic E-state index is 0.131. The number of nitrogens with one attached hydrogen (secondary N) is 1. The fourth-order valence-corrected chi connectivity index (χ4v) is 4.28. The highest BCUT2D eigenvalue weighted by Gasteiger charge is 2.49. The van der Waals surface area contributed by atoms with Crippen LogP contribution >= 0.6 is 0 Å². The van der Waals surface area contributed by atoms with Crippen molar-refractivity contribution in [2.45, 2.75) is 26.4 Å². The topological polar surface area (TPSA) is 88.2 Å². The zero-order valence-electron chi connectivity index (χ0n) is 18.7. The Morgan fingerprint density at radius 2 is 1.81 bits per heavy atom. The predicted octanol–water partition coefficient (Wildman–Crippen LogP) is 2.98. The number of amides is 3. The van der Waals surface area contributed by atoms with Crippen molar-refractivity contribution >= 4 is 23.4 Å². The van der Waals surface area contributed by atoms with Crippen LogP contribution in [0.3, 0.4) is 0 Å². The highest BCUT2D eigenvalue weighted by molar-refractivity contribution is 6.18. The lowest BCUT2D eigenvalue weighted by Crippen LogP contribution is -2.49. The summed E-state index contributed by atoms with van der Waals surface area (Å²) >= 11 is 0. The predicted molar refractivity (Wildman–Crippen MR) is 119 cm³/mol. The molecule has 0 bridgehead atoms. The van der Waals surface area contributed by atoms with Crippen molar-refractivity contribution in [3.05, 3.63) is 53.1 Å². The van der Waals surface area contributed by atoms with E-state index in [4.69, 9.17) is 9.47 Å². The number of methoxy groups -OCH3 is 2. The summed E-state index contributed by atoms with van der Waals surface area (Å²) < 4.78 is 10.9. The largest absolute Gasteiger partial charge is 0.493 e. The summed E-state index contributed by atoms with van der Waals surface area (Å²) in [7, 11) is 3.00. The maximum absolute atomic E-state index is 13.6. The van der Waals surface area contributed by atoms with Crippen molar-refractivity contribution in [1.29, 1.82) is 0 Å². The number of anilines is 1. The number of hydrogen-bond acceptors (Lipinski definition) is 5. The van der Waals surface area contributed by atoms with Crippen LogP contribution in [0.25, 0.3) is 0 Å². The summed E-state index contributed by atoms with van der Waals surface area (Å²) in [5.41, 5.74) is 2.00. The van der Waals surface area contributed by atoms with Gasteiger partial charge in [-0.25, -0.2) is 0 Å². The van der Waals surface area contributed by atoms with E-state index in [1.165, 1.54) is 14.2 Å². The zero-order chi connectivity index (χ0) is 23.0. The van der Waals surface area contributed by atoms with Crippen LogP contribution in [0.15, 0.2) is 36.4 Å². The first-order chi connectivity index (χ1) is 15.4. The first-order valence-corrected chi connectivity index (χ1v) is 10.6. The van der Waals surface area contributed by atoms with E-state index in [0.717, 1.165) is 0 Å². The second kappa shape index (κ2) is 8.53. The second-order valence-corrected chi connectivity index (χ2v) is 8.28. The van der Waals surface area contributed by atoms with Crippen molar-refractivity contribution < 1.29 is 23.9 Å². The standard InChI is InChI=1S/C24H27N3O5/c1-14(2)13-25-19(28)11-12-26-22-16-9-10-18(31-3)21(32-4)20(16)24(30)27(22)17-8-6-5-7-15(17)23(26)29/h5-10,14,22H,11-13H2,1-4H3,(H,25,28). The lowest BCUT2D eigenvalue weighted by atomic mass is 10.0. The van der Waals surface area contributed by atoms with E-state index in [1.807, 2.05) is 13.8 Å². The quantitative estimate of drug-likeness (QED) is 0.720. The Hall–Kier alpha value is -3.55. The minimum atomic E-state index is -0.655. The highest BCUT2D eigenvalue weighted by atomic mass is 16.5. The first-order valence-electron chi connectivity index (χ1n) is 10.6. The average Bonchev–Trinajstić information content (AvgIpc) is 3.09. The van der Waals surface area contributed by atoms with Gasteiger partial charge in [-0.2, -0.15) is 0 Å². The van der Waals surface area contributed by atoms with Crippen LogP contribution in [0.2, 0.25) is 0 Å². The molecule has 32 heavy (non-hydrogen) atoms. The fourth-order valence-electron chi connectivity index (χ4n) is 4.28. The molecule has 1 atom stereocenters. The maximum atomic E-state index is 13.6. The molecule has 0 spiro atoms. The van der Waals surface area contributed by atoms with Crippen LogP contribution < -0.4 is 19.7 Å². The second-order valence-electron chi connectivity index (χ2n) is 8.28. The number of hydrogen-bond donors (Lipinski definition) is 1. The van der Waals surface area contributed by atoms with Gasteiger partial charge in [0.05, 0.1) is 31.0 Å². The van der Waals surface area contributed by atoms with Gasteiger partial charge in [-0.05, 0) is 24.1 Å². The molecule has 8 heteroatoms. The number of benzene rings is 2. The third-order valence-corrected chi connectivity index (χ3v) is 5.77. The summed E-state index contributed by atoms with van der Waals surface area (Å²) in [4.78, 5) is 42.6. The normalized spacial score (nSPS) is 16.6. The van der Waals surface area contributed by atoms with Crippen LogP contribution in [0.5, 0.6) is 11.5 Å². The molecule has 0 fully saturated rings. The maximum Gasteiger partial charge on any atom is 0.264 e. The molecule has 1 unspecified atom stereocenters. The highest BCUT2D eigenvalue weighted by Crippen LogP contribution is 2.49. The van der Waals surface area contributed by atoms with Crippen molar-refractivity contribution in [2.24, 2.45) is 5.92 Å². The first kappa shape index (κ1) is 21.7. The van der Waals surface area contributed by atoms with E-state index in [-0.39, 0.29) is 30.7 Å². The molecule has 2 aliphatic rings. The number of para-hydroxylation sites is 1. The summed E-state index contributed by atoms with van der Waals surface area (Å²) in [6.07, 6.45) is -0.514. The summed E-state index contributed by atoms with van der Waals surface area (Å²) in [5.74, 6) is 0.500. The van der Waals surface area contributed by atoms with Crippen LogP contribution in [-0.2, 0) is 4.79 Å². The van der Waals surface area contributed by atoms with Gasteiger partial charge in [0, 0.05) is 25.1 Å². The Morgan fingerprint density at radius 1 is 1.06 bits per heavy atom. The van der Waals surface area contributed by atoms with E-state index in [0.29, 0.717) is 46.3 Å². The van der Waals surface area contributed by atoms with Gasteiger partial charge in [0.2, 0.25) is 5.91 Å². The number of fused-ring (bicyclic) bond motifs is 5. The summed E-state index contributed by atoms with van der Waals surface area (Å²) in [5, 5.41) is 2.88. The molecule has 2 aromatic carbocycles. The summed E-state index contributed by atoms with van der Waals surface area (Å²) in [6.45, 7) is 4.79. The Balaban J connectivity index is 1.76. The van der Waals surface area contributed by atoms with Gasteiger partial charge in [-0.3, -0.25) is 19.3 Å². The van der Waals surface area contributed by atoms with E-state index < -0.39 is 6.17 Å².